The molecule has 1 fully saturated rings. The summed E-state index contributed by atoms with van der Waals surface area (Å²) in [5.41, 5.74) is 5.54. The van der Waals surface area contributed by atoms with Gasteiger partial charge in [-0.05, 0) is 32.6 Å². The molecule has 1 saturated carbocycles. The molecule has 4 nitrogen and oxygen atoms in total. The van der Waals surface area contributed by atoms with Crippen LogP contribution in [0.5, 0.6) is 0 Å². The monoisotopic (exact) mass is 270 g/mol. The minimum atomic E-state index is -0.361. The van der Waals surface area contributed by atoms with Gasteiger partial charge >= 0.3 is 0 Å². The molecule has 1 aliphatic rings. The van der Waals surface area contributed by atoms with Gasteiger partial charge in [0.15, 0.2) is 0 Å². The van der Waals surface area contributed by atoms with Crippen molar-refractivity contribution in [1.82, 2.24) is 5.32 Å². The van der Waals surface area contributed by atoms with E-state index in [0.717, 1.165) is 45.1 Å². The molecule has 1 aliphatic carbocycles. The Kier molecular flexibility index (Phi) is 6.80. The lowest BCUT2D eigenvalue weighted by Gasteiger charge is -2.39. The molecule has 1 rings (SSSR count). The number of hydrogen-bond acceptors (Lipinski definition) is 3. The molecule has 0 saturated heterocycles. The summed E-state index contributed by atoms with van der Waals surface area (Å²) in [5.74, 6) is 0.152. The number of amides is 1. The summed E-state index contributed by atoms with van der Waals surface area (Å²) in [7, 11) is 0. The van der Waals surface area contributed by atoms with Gasteiger partial charge in [0.05, 0.1) is 11.5 Å². The lowest BCUT2D eigenvalue weighted by atomic mass is 9.77. The molecule has 0 aliphatic heterocycles. The molecule has 0 unspecified atom stereocenters. The van der Waals surface area contributed by atoms with Gasteiger partial charge in [0.2, 0.25) is 5.91 Å². The molecule has 0 radical (unpaired) electrons. The Morgan fingerprint density at radius 3 is 2.26 bits per heavy atom. The molecule has 0 aromatic rings. The van der Waals surface area contributed by atoms with Gasteiger partial charge in [-0.25, -0.2) is 0 Å². The molecule has 0 spiro atoms. The quantitative estimate of drug-likeness (QED) is 0.675. The van der Waals surface area contributed by atoms with Crippen LogP contribution in [-0.4, -0.2) is 31.2 Å². The van der Waals surface area contributed by atoms with Crippen LogP contribution in [0.1, 0.15) is 59.3 Å². The summed E-state index contributed by atoms with van der Waals surface area (Å²) in [6, 6.07) is 0.281. The zero-order valence-corrected chi connectivity index (χ0v) is 12.7. The molecule has 19 heavy (non-hydrogen) atoms. The van der Waals surface area contributed by atoms with Gasteiger partial charge in [-0.3, -0.25) is 4.79 Å². The number of rotatable bonds is 9. The largest absolute Gasteiger partial charge is 0.378 e. The van der Waals surface area contributed by atoms with E-state index >= 15 is 0 Å². The first-order valence-corrected chi connectivity index (χ1v) is 7.74. The van der Waals surface area contributed by atoms with Crippen molar-refractivity contribution in [3.05, 3.63) is 0 Å². The molecule has 0 heterocycles. The van der Waals surface area contributed by atoms with Crippen molar-refractivity contribution >= 4 is 5.91 Å². The third-order valence-corrected chi connectivity index (χ3v) is 4.16. The number of hydrogen-bond donors (Lipinski definition) is 2. The lowest BCUT2D eigenvalue weighted by molar-refractivity contribution is -0.134. The Labute approximate surface area is 117 Å². The SMILES string of the molecule is CCCC(CN)(CCC)C(=O)NC1CC(OCC)C1. The Balaban J connectivity index is 2.49. The van der Waals surface area contributed by atoms with Crippen LogP contribution < -0.4 is 11.1 Å². The summed E-state index contributed by atoms with van der Waals surface area (Å²) in [6.07, 6.45) is 5.97. The Bertz CT molecular complexity index is 269. The molecule has 0 bridgehead atoms. The van der Waals surface area contributed by atoms with Crippen molar-refractivity contribution < 1.29 is 9.53 Å². The number of nitrogens with two attached hydrogens (primary N) is 1. The van der Waals surface area contributed by atoms with Gasteiger partial charge in [0.1, 0.15) is 0 Å². The Morgan fingerprint density at radius 2 is 1.84 bits per heavy atom. The molecule has 0 aromatic carbocycles. The molecule has 112 valence electrons. The van der Waals surface area contributed by atoms with Gasteiger partial charge in [-0.15, -0.1) is 0 Å². The van der Waals surface area contributed by atoms with Crippen LogP contribution in [0.25, 0.3) is 0 Å². The predicted molar refractivity (Wildman–Crippen MR) is 77.9 cm³/mol. The van der Waals surface area contributed by atoms with Crippen LogP contribution in [0.15, 0.2) is 0 Å². The Hall–Kier alpha value is -0.610. The van der Waals surface area contributed by atoms with E-state index in [4.69, 9.17) is 10.5 Å². The standard InChI is InChI=1S/C15H30N2O2/c1-4-7-15(11-16,8-5-2)14(18)17-12-9-13(10-12)19-6-3/h12-13H,4-11,16H2,1-3H3,(H,17,18). The number of ether oxygens (including phenoxy) is 1. The average Bonchev–Trinajstić information content (AvgIpc) is 2.35. The highest BCUT2D eigenvalue weighted by Gasteiger charge is 2.39. The van der Waals surface area contributed by atoms with Gasteiger partial charge < -0.3 is 15.8 Å². The first kappa shape index (κ1) is 16.4. The highest BCUT2D eigenvalue weighted by atomic mass is 16.5. The third kappa shape index (κ3) is 4.18. The van der Waals surface area contributed by atoms with Crippen molar-refractivity contribution in [1.29, 1.82) is 0 Å². The fraction of sp³-hybridized carbons (Fsp3) is 0.933. The van der Waals surface area contributed by atoms with Crippen molar-refractivity contribution in [3.8, 4) is 0 Å². The maximum absolute atomic E-state index is 12.5. The van der Waals surface area contributed by atoms with Crippen LogP contribution in [0.4, 0.5) is 0 Å². The second kappa shape index (κ2) is 7.85. The Morgan fingerprint density at radius 1 is 1.26 bits per heavy atom. The molecule has 0 atom stereocenters. The molecule has 1 amide bonds. The minimum absolute atomic E-state index is 0.152. The van der Waals surface area contributed by atoms with Crippen LogP contribution in [-0.2, 0) is 9.53 Å². The maximum atomic E-state index is 12.5. The van der Waals surface area contributed by atoms with Gasteiger partial charge in [-0.1, -0.05) is 26.7 Å². The molecular formula is C15H30N2O2. The second-order valence-electron chi connectivity index (χ2n) is 5.70. The third-order valence-electron chi connectivity index (χ3n) is 4.16. The topological polar surface area (TPSA) is 64.4 Å². The minimum Gasteiger partial charge on any atom is -0.378 e. The fourth-order valence-electron chi connectivity index (χ4n) is 3.00. The van der Waals surface area contributed by atoms with Crippen molar-refractivity contribution in [2.75, 3.05) is 13.2 Å². The number of carbonyl (C=O) groups excluding carboxylic acids is 1. The van der Waals surface area contributed by atoms with Gasteiger partial charge in [0, 0.05) is 19.2 Å². The highest BCUT2D eigenvalue weighted by molar-refractivity contribution is 5.83. The molecule has 3 N–H and O–H groups in total. The van der Waals surface area contributed by atoms with Crippen molar-refractivity contribution in [2.24, 2.45) is 11.1 Å². The summed E-state index contributed by atoms with van der Waals surface area (Å²) in [5, 5.41) is 3.17. The maximum Gasteiger partial charge on any atom is 0.227 e. The summed E-state index contributed by atoms with van der Waals surface area (Å²) < 4.78 is 5.52. The van der Waals surface area contributed by atoms with Crippen LogP contribution >= 0.6 is 0 Å². The lowest BCUT2D eigenvalue weighted by Crippen LogP contribution is -2.54. The van der Waals surface area contributed by atoms with Crippen LogP contribution in [0.3, 0.4) is 0 Å². The second-order valence-corrected chi connectivity index (χ2v) is 5.70. The number of carbonyl (C=O) groups is 1. The van der Waals surface area contributed by atoms with E-state index in [2.05, 4.69) is 19.2 Å². The predicted octanol–water partition coefficient (Wildman–Crippen LogP) is 2.22. The highest BCUT2D eigenvalue weighted by Crippen LogP contribution is 2.31. The smallest absolute Gasteiger partial charge is 0.227 e. The number of nitrogens with one attached hydrogen (secondary N) is 1. The van der Waals surface area contributed by atoms with Crippen molar-refractivity contribution in [2.45, 2.75) is 71.4 Å². The zero-order chi connectivity index (χ0) is 14.3. The van der Waals surface area contributed by atoms with E-state index in [9.17, 15) is 4.79 Å². The zero-order valence-electron chi connectivity index (χ0n) is 12.7. The normalized spacial score (nSPS) is 22.9. The van der Waals surface area contributed by atoms with Crippen LogP contribution in [0.2, 0.25) is 0 Å². The van der Waals surface area contributed by atoms with E-state index in [-0.39, 0.29) is 17.4 Å². The fourth-order valence-corrected chi connectivity index (χ4v) is 3.00. The van der Waals surface area contributed by atoms with E-state index in [0.29, 0.717) is 12.6 Å². The first-order valence-electron chi connectivity index (χ1n) is 7.74. The van der Waals surface area contributed by atoms with Gasteiger partial charge in [-0.2, -0.15) is 0 Å². The van der Waals surface area contributed by atoms with E-state index in [1.54, 1.807) is 0 Å². The molecular weight excluding hydrogens is 240 g/mol. The van der Waals surface area contributed by atoms with Crippen LogP contribution in [0, 0.1) is 5.41 Å². The molecule has 0 aromatic heterocycles. The first-order chi connectivity index (χ1) is 9.11. The summed E-state index contributed by atoms with van der Waals surface area (Å²) >= 11 is 0. The van der Waals surface area contributed by atoms with Gasteiger partial charge in [0.25, 0.3) is 0 Å². The van der Waals surface area contributed by atoms with E-state index in [1.165, 1.54) is 0 Å². The van der Waals surface area contributed by atoms with E-state index in [1.807, 2.05) is 6.92 Å². The van der Waals surface area contributed by atoms with Crippen molar-refractivity contribution in [3.63, 3.8) is 0 Å². The van der Waals surface area contributed by atoms with E-state index < -0.39 is 0 Å². The summed E-state index contributed by atoms with van der Waals surface area (Å²) in [6.45, 7) is 7.43. The average molecular weight is 270 g/mol. The summed E-state index contributed by atoms with van der Waals surface area (Å²) in [4.78, 5) is 12.5. The molecule has 4 heteroatoms.